The van der Waals surface area contributed by atoms with Crippen molar-refractivity contribution in [3.05, 3.63) is 90.3 Å². The van der Waals surface area contributed by atoms with Gasteiger partial charge in [-0.15, -0.1) is 0 Å². The maximum absolute atomic E-state index is 13.6. The van der Waals surface area contributed by atoms with Gasteiger partial charge in [0.05, 0.1) is 30.4 Å². The van der Waals surface area contributed by atoms with E-state index in [2.05, 4.69) is 14.7 Å². The van der Waals surface area contributed by atoms with E-state index in [4.69, 9.17) is 23.7 Å². The van der Waals surface area contributed by atoms with E-state index in [1.54, 1.807) is 42.5 Å². The van der Waals surface area contributed by atoms with Crippen molar-refractivity contribution >= 4 is 21.7 Å². The summed E-state index contributed by atoms with van der Waals surface area (Å²) in [6, 6.07) is 17.9. The average Bonchev–Trinajstić information content (AvgIpc) is 3.00. The number of sulfonamides is 1. The molecule has 11 nitrogen and oxygen atoms in total. The first-order valence-corrected chi connectivity index (χ1v) is 14.7. The minimum absolute atomic E-state index is 0.0111. The molecule has 1 N–H and O–H groups in total. The van der Waals surface area contributed by atoms with E-state index in [0.717, 1.165) is 5.56 Å². The smallest absolute Gasteiger partial charge is 0.338 e. The summed E-state index contributed by atoms with van der Waals surface area (Å²) in [6.07, 6.45) is 3.08. The van der Waals surface area contributed by atoms with E-state index >= 15 is 0 Å². The van der Waals surface area contributed by atoms with Gasteiger partial charge in [0.1, 0.15) is 13.2 Å². The SMILES string of the molecule is COC(=O)c1cc(NS(=O)(=O)c2ccc(C(C)(C)C)cc2)c(Oc2ccccc2OC)c(OCCOc2ncccn2)c1. The Balaban J connectivity index is 1.74. The maximum atomic E-state index is 13.6. The molecule has 0 radical (unpaired) electrons. The Kier molecular flexibility index (Phi) is 9.71. The molecule has 0 bridgehead atoms. The van der Waals surface area contributed by atoms with Crippen LogP contribution in [0.1, 0.15) is 36.7 Å². The molecule has 0 unspecified atom stereocenters. The van der Waals surface area contributed by atoms with Gasteiger partial charge in [-0.2, -0.15) is 0 Å². The number of methoxy groups -OCH3 is 2. The molecule has 0 amide bonds. The lowest BCUT2D eigenvalue weighted by Crippen LogP contribution is -2.17. The van der Waals surface area contributed by atoms with E-state index in [9.17, 15) is 13.2 Å². The number of anilines is 1. The fraction of sp³-hybridized carbons (Fsp3) is 0.258. The molecule has 0 atom stereocenters. The number of hydrogen-bond acceptors (Lipinski definition) is 10. The molecule has 0 aliphatic carbocycles. The van der Waals surface area contributed by atoms with Gasteiger partial charge in [0.2, 0.25) is 0 Å². The molecule has 226 valence electrons. The maximum Gasteiger partial charge on any atom is 0.338 e. The van der Waals surface area contributed by atoms with Gasteiger partial charge in [-0.25, -0.2) is 23.2 Å². The number of benzene rings is 3. The molecule has 1 heterocycles. The summed E-state index contributed by atoms with van der Waals surface area (Å²) in [5.74, 6) is -0.000940. The van der Waals surface area contributed by atoms with E-state index in [1.807, 2.05) is 20.8 Å². The van der Waals surface area contributed by atoms with Crippen molar-refractivity contribution in [1.82, 2.24) is 9.97 Å². The number of nitrogens with one attached hydrogen (secondary N) is 1. The molecule has 0 aliphatic heterocycles. The molecular weight excluding hydrogens is 574 g/mol. The van der Waals surface area contributed by atoms with Crippen molar-refractivity contribution in [3.63, 3.8) is 0 Å². The van der Waals surface area contributed by atoms with Crippen LogP contribution in [0.3, 0.4) is 0 Å². The number of rotatable bonds is 12. The summed E-state index contributed by atoms with van der Waals surface area (Å²) in [4.78, 5) is 20.6. The van der Waals surface area contributed by atoms with Gasteiger partial charge in [-0.1, -0.05) is 45.0 Å². The van der Waals surface area contributed by atoms with Gasteiger partial charge >= 0.3 is 12.0 Å². The molecule has 0 aliphatic rings. The van der Waals surface area contributed by atoms with Crippen molar-refractivity contribution < 1.29 is 36.9 Å². The van der Waals surface area contributed by atoms with Gasteiger partial charge in [0.15, 0.2) is 23.0 Å². The van der Waals surface area contributed by atoms with E-state index in [0.29, 0.717) is 5.75 Å². The molecule has 3 aromatic carbocycles. The van der Waals surface area contributed by atoms with E-state index < -0.39 is 16.0 Å². The minimum Gasteiger partial charge on any atom is -0.493 e. The molecule has 43 heavy (non-hydrogen) atoms. The van der Waals surface area contributed by atoms with Gasteiger partial charge < -0.3 is 23.7 Å². The highest BCUT2D eigenvalue weighted by molar-refractivity contribution is 7.92. The van der Waals surface area contributed by atoms with Gasteiger partial charge in [0.25, 0.3) is 10.0 Å². The summed E-state index contributed by atoms with van der Waals surface area (Å²) < 4.78 is 57.7. The van der Waals surface area contributed by atoms with Crippen LogP contribution in [0, 0.1) is 0 Å². The Morgan fingerprint density at radius 3 is 2.12 bits per heavy atom. The van der Waals surface area contributed by atoms with Crippen molar-refractivity contribution in [1.29, 1.82) is 0 Å². The number of carbonyl (C=O) groups is 1. The number of carbonyl (C=O) groups excluding carboxylic acids is 1. The summed E-state index contributed by atoms with van der Waals surface area (Å²) >= 11 is 0. The fourth-order valence-corrected chi connectivity index (χ4v) is 4.97. The standard InChI is InChI=1S/C31H33N3O8S/c1-31(2,3)22-11-13-23(14-12-22)43(36,37)34-24-19-21(29(35)39-5)20-27(40-17-18-41-30-32-15-8-16-33-30)28(24)42-26-10-7-6-9-25(26)38-4/h6-16,19-20,34H,17-18H2,1-5H3. The second kappa shape index (κ2) is 13.4. The third-order valence-corrected chi connectivity index (χ3v) is 7.53. The number of aromatic nitrogens is 2. The van der Waals surface area contributed by atoms with Crippen LogP contribution in [0.5, 0.6) is 29.0 Å². The van der Waals surface area contributed by atoms with Crippen LogP contribution < -0.4 is 23.7 Å². The zero-order chi connectivity index (χ0) is 31.0. The van der Waals surface area contributed by atoms with Crippen molar-refractivity contribution in [3.8, 4) is 29.0 Å². The van der Waals surface area contributed by atoms with Crippen molar-refractivity contribution in [2.24, 2.45) is 0 Å². The number of esters is 1. The lowest BCUT2D eigenvalue weighted by Gasteiger charge is -2.21. The molecule has 0 saturated carbocycles. The molecule has 4 aromatic rings. The van der Waals surface area contributed by atoms with Crippen LogP contribution in [-0.2, 0) is 20.2 Å². The second-order valence-electron chi connectivity index (χ2n) is 10.2. The number of hydrogen-bond donors (Lipinski definition) is 1. The monoisotopic (exact) mass is 607 g/mol. The summed E-state index contributed by atoms with van der Waals surface area (Å²) in [6.45, 7) is 6.13. The van der Waals surface area contributed by atoms with Crippen molar-refractivity contribution in [2.45, 2.75) is 31.1 Å². The summed E-state index contributed by atoms with van der Waals surface area (Å²) in [5.41, 5.74) is 0.773. The van der Waals surface area contributed by atoms with Crippen LogP contribution in [0.15, 0.2) is 84.0 Å². The van der Waals surface area contributed by atoms with Crippen LogP contribution >= 0.6 is 0 Å². The summed E-state index contributed by atoms with van der Waals surface area (Å²) in [5, 5.41) is 0. The Morgan fingerprint density at radius 2 is 1.49 bits per heavy atom. The average molecular weight is 608 g/mol. The summed E-state index contributed by atoms with van der Waals surface area (Å²) in [7, 11) is -1.44. The number of ether oxygens (including phenoxy) is 5. The Morgan fingerprint density at radius 1 is 0.837 bits per heavy atom. The topological polar surface area (TPSA) is 135 Å². The Bertz CT molecular complexity index is 1660. The molecule has 0 fully saturated rings. The Hall–Kier alpha value is -4.84. The second-order valence-corrected chi connectivity index (χ2v) is 11.9. The lowest BCUT2D eigenvalue weighted by molar-refractivity contribution is 0.0600. The van der Waals surface area contributed by atoms with E-state index in [1.165, 1.54) is 50.9 Å². The quantitative estimate of drug-likeness (QED) is 0.160. The lowest BCUT2D eigenvalue weighted by atomic mass is 9.87. The predicted octanol–water partition coefficient (Wildman–Crippen LogP) is 5.62. The molecule has 4 rings (SSSR count). The van der Waals surface area contributed by atoms with Crippen LogP contribution in [0.4, 0.5) is 5.69 Å². The number of nitrogens with zero attached hydrogens (tertiary/aromatic N) is 2. The first-order valence-electron chi connectivity index (χ1n) is 13.2. The predicted molar refractivity (Wildman–Crippen MR) is 160 cm³/mol. The minimum atomic E-state index is -4.14. The third-order valence-electron chi connectivity index (χ3n) is 6.15. The molecule has 1 aromatic heterocycles. The van der Waals surface area contributed by atoms with Crippen LogP contribution in [0.25, 0.3) is 0 Å². The molecule has 0 spiro atoms. The number of para-hydroxylation sites is 2. The zero-order valence-corrected chi connectivity index (χ0v) is 25.3. The highest BCUT2D eigenvalue weighted by atomic mass is 32.2. The van der Waals surface area contributed by atoms with Crippen LogP contribution in [-0.4, -0.2) is 51.8 Å². The van der Waals surface area contributed by atoms with Gasteiger partial charge in [0, 0.05) is 12.4 Å². The zero-order valence-electron chi connectivity index (χ0n) is 24.5. The van der Waals surface area contributed by atoms with Gasteiger partial charge in [-0.05, 0) is 53.4 Å². The molecule has 12 heteroatoms. The molecule has 0 saturated heterocycles. The highest BCUT2D eigenvalue weighted by Gasteiger charge is 2.25. The fourth-order valence-electron chi connectivity index (χ4n) is 3.92. The Labute approximate surface area is 250 Å². The third kappa shape index (κ3) is 7.92. The first kappa shape index (κ1) is 31.1. The van der Waals surface area contributed by atoms with Gasteiger partial charge in [-0.3, -0.25) is 4.72 Å². The molecular formula is C31H33N3O8S. The van der Waals surface area contributed by atoms with Crippen LogP contribution in [0.2, 0.25) is 0 Å². The normalized spacial score (nSPS) is 11.4. The van der Waals surface area contributed by atoms with E-state index in [-0.39, 0.29) is 58.0 Å². The largest absolute Gasteiger partial charge is 0.493 e. The highest BCUT2D eigenvalue weighted by Crippen LogP contribution is 2.43. The van der Waals surface area contributed by atoms with Crippen molar-refractivity contribution in [2.75, 3.05) is 32.2 Å². The first-order chi connectivity index (χ1) is 20.5.